The van der Waals surface area contributed by atoms with Crippen LogP contribution >= 0.6 is 23.2 Å². The minimum absolute atomic E-state index is 0.132. The lowest BCUT2D eigenvalue weighted by atomic mass is 9.97. The van der Waals surface area contributed by atoms with Crippen molar-refractivity contribution in [2.45, 2.75) is 24.9 Å². The van der Waals surface area contributed by atoms with Crippen molar-refractivity contribution in [2.75, 3.05) is 13.1 Å². The highest BCUT2D eigenvalue weighted by Crippen LogP contribution is 2.33. The molecule has 162 valence electrons. The predicted molar refractivity (Wildman–Crippen MR) is 109 cm³/mol. The molecule has 0 bridgehead atoms. The molecule has 1 aliphatic rings. The van der Waals surface area contributed by atoms with Gasteiger partial charge in [0, 0.05) is 23.7 Å². The number of halogens is 5. The van der Waals surface area contributed by atoms with E-state index in [9.17, 15) is 18.0 Å². The lowest BCUT2D eigenvalue weighted by molar-refractivity contribution is -0.137. The SMILES string of the molecule is O=C(c1ccc(Cl)cc1Cl)N1CCCC(c2nnc(-c3ccc(C(F)(F)F)cc3)o2)C1. The van der Waals surface area contributed by atoms with Crippen LogP contribution < -0.4 is 0 Å². The molecule has 3 aromatic rings. The van der Waals surface area contributed by atoms with E-state index in [2.05, 4.69) is 10.2 Å². The maximum absolute atomic E-state index is 12.9. The summed E-state index contributed by atoms with van der Waals surface area (Å²) in [7, 11) is 0. The third-order valence-corrected chi connectivity index (χ3v) is 5.67. The van der Waals surface area contributed by atoms with Gasteiger partial charge in [-0.05, 0) is 55.3 Å². The van der Waals surface area contributed by atoms with Crippen LogP contribution in [0.5, 0.6) is 0 Å². The van der Waals surface area contributed by atoms with E-state index in [0.29, 0.717) is 35.1 Å². The summed E-state index contributed by atoms with van der Waals surface area (Å²) >= 11 is 12.1. The number of benzene rings is 2. The van der Waals surface area contributed by atoms with E-state index in [4.69, 9.17) is 27.6 Å². The number of hydrogen-bond acceptors (Lipinski definition) is 4. The third kappa shape index (κ3) is 4.70. The first-order chi connectivity index (χ1) is 14.7. The maximum Gasteiger partial charge on any atom is 0.416 e. The number of rotatable bonds is 3. The number of hydrogen-bond donors (Lipinski definition) is 0. The van der Waals surface area contributed by atoms with Crippen LogP contribution in [0.15, 0.2) is 46.9 Å². The van der Waals surface area contributed by atoms with Gasteiger partial charge in [0.25, 0.3) is 5.91 Å². The average molecular weight is 470 g/mol. The highest BCUT2D eigenvalue weighted by atomic mass is 35.5. The second kappa shape index (κ2) is 8.51. The van der Waals surface area contributed by atoms with E-state index in [1.807, 2.05) is 0 Å². The summed E-state index contributed by atoms with van der Waals surface area (Å²) in [6.45, 7) is 0.931. The topological polar surface area (TPSA) is 59.2 Å². The molecule has 2 heterocycles. The highest BCUT2D eigenvalue weighted by Gasteiger charge is 2.31. The van der Waals surface area contributed by atoms with Crippen molar-refractivity contribution in [1.29, 1.82) is 0 Å². The van der Waals surface area contributed by atoms with Crippen LogP contribution in [-0.4, -0.2) is 34.1 Å². The molecule has 2 aromatic carbocycles. The fourth-order valence-corrected chi connectivity index (χ4v) is 4.00. The Morgan fingerprint density at radius 3 is 2.52 bits per heavy atom. The quantitative estimate of drug-likeness (QED) is 0.466. The van der Waals surface area contributed by atoms with Gasteiger partial charge in [0.1, 0.15) is 0 Å². The number of aromatic nitrogens is 2. The van der Waals surface area contributed by atoms with Gasteiger partial charge in [-0.2, -0.15) is 13.2 Å². The Morgan fingerprint density at radius 1 is 1.10 bits per heavy atom. The molecule has 10 heteroatoms. The molecular weight excluding hydrogens is 454 g/mol. The van der Waals surface area contributed by atoms with Gasteiger partial charge in [-0.25, -0.2) is 0 Å². The number of likely N-dealkylation sites (tertiary alicyclic amines) is 1. The van der Waals surface area contributed by atoms with Gasteiger partial charge < -0.3 is 9.32 Å². The molecule has 31 heavy (non-hydrogen) atoms. The minimum atomic E-state index is -4.41. The maximum atomic E-state index is 12.9. The molecule has 1 fully saturated rings. The van der Waals surface area contributed by atoms with Crippen molar-refractivity contribution < 1.29 is 22.4 Å². The smallest absolute Gasteiger partial charge is 0.416 e. The fourth-order valence-electron chi connectivity index (χ4n) is 3.51. The van der Waals surface area contributed by atoms with Crippen LogP contribution in [0.25, 0.3) is 11.5 Å². The van der Waals surface area contributed by atoms with Gasteiger partial charge in [-0.15, -0.1) is 10.2 Å². The van der Waals surface area contributed by atoms with E-state index in [1.54, 1.807) is 17.0 Å². The molecule has 1 amide bonds. The fraction of sp³-hybridized carbons (Fsp3) is 0.286. The van der Waals surface area contributed by atoms with Crippen LogP contribution in [0.4, 0.5) is 13.2 Å². The van der Waals surface area contributed by atoms with E-state index in [0.717, 1.165) is 25.0 Å². The van der Waals surface area contributed by atoms with Crippen molar-refractivity contribution in [3.05, 3.63) is 69.5 Å². The second-order valence-electron chi connectivity index (χ2n) is 7.24. The van der Waals surface area contributed by atoms with Gasteiger partial charge in [0.2, 0.25) is 11.8 Å². The lowest BCUT2D eigenvalue weighted by Gasteiger charge is -2.31. The Kier molecular flexibility index (Phi) is 5.94. The Balaban J connectivity index is 1.49. The monoisotopic (exact) mass is 469 g/mol. The largest absolute Gasteiger partial charge is 0.420 e. The van der Waals surface area contributed by atoms with Gasteiger partial charge in [-0.3, -0.25) is 4.79 Å². The zero-order valence-electron chi connectivity index (χ0n) is 16.0. The summed E-state index contributed by atoms with van der Waals surface area (Å²) in [5.41, 5.74) is 0.00408. The third-order valence-electron chi connectivity index (χ3n) is 5.12. The summed E-state index contributed by atoms with van der Waals surface area (Å²) in [6, 6.07) is 9.24. The van der Waals surface area contributed by atoms with Crippen molar-refractivity contribution >= 4 is 29.1 Å². The molecule has 1 aliphatic heterocycles. The molecule has 0 aliphatic carbocycles. The van der Waals surface area contributed by atoms with E-state index >= 15 is 0 Å². The number of amides is 1. The van der Waals surface area contributed by atoms with Crippen LogP contribution in [-0.2, 0) is 6.18 Å². The number of piperidine rings is 1. The van der Waals surface area contributed by atoms with Gasteiger partial charge in [0.05, 0.1) is 22.1 Å². The number of alkyl halides is 3. The Labute approximate surface area is 185 Å². The van der Waals surface area contributed by atoms with Crippen molar-refractivity contribution in [2.24, 2.45) is 0 Å². The number of carbonyl (C=O) groups is 1. The first kappa shape index (κ1) is 21.6. The summed E-state index contributed by atoms with van der Waals surface area (Å²) < 4.78 is 43.9. The summed E-state index contributed by atoms with van der Waals surface area (Å²) in [5.74, 6) is 0.0795. The van der Waals surface area contributed by atoms with E-state index in [1.165, 1.54) is 18.2 Å². The highest BCUT2D eigenvalue weighted by molar-refractivity contribution is 6.36. The summed E-state index contributed by atoms with van der Waals surface area (Å²) in [4.78, 5) is 14.6. The Hall–Kier alpha value is -2.58. The molecule has 1 unspecified atom stereocenters. The molecule has 0 radical (unpaired) electrons. The molecule has 4 rings (SSSR count). The molecule has 0 N–H and O–H groups in total. The van der Waals surface area contributed by atoms with Crippen molar-refractivity contribution in [3.63, 3.8) is 0 Å². The van der Waals surface area contributed by atoms with Crippen molar-refractivity contribution in [3.8, 4) is 11.5 Å². The average Bonchev–Trinajstić information content (AvgIpc) is 3.23. The molecule has 0 saturated carbocycles. The first-order valence-corrected chi connectivity index (χ1v) is 10.2. The minimum Gasteiger partial charge on any atom is -0.420 e. The molecule has 0 spiro atoms. The Bertz CT molecular complexity index is 1100. The van der Waals surface area contributed by atoms with Crippen LogP contribution in [0.3, 0.4) is 0 Å². The Morgan fingerprint density at radius 2 is 1.84 bits per heavy atom. The van der Waals surface area contributed by atoms with Crippen LogP contribution in [0.1, 0.15) is 40.6 Å². The molecule has 1 atom stereocenters. The molecule has 1 saturated heterocycles. The van der Waals surface area contributed by atoms with Gasteiger partial charge in [-0.1, -0.05) is 23.2 Å². The number of nitrogens with zero attached hydrogens (tertiary/aromatic N) is 3. The lowest BCUT2D eigenvalue weighted by Crippen LogP contribution is -2.39. The van der Waals surface area contributed by atoms with Crippen molar-refractivity contribution in [1.82, 2.24) is 15.1 Å². The normalized spacial score (nSPS) is 17.1. The number of carbonyl (C=O) groups excluding carboxylic acids is 1. The summed E-state index contributed by atoms with van der Waals surface area (Å²) in [6.07, 6.45) is -2.93. The predicted octanol–water partition coefficient (Wildman–Crippen LogP) is 6.08. The standard InChI is InChI=1S/C21H16Cl2F3N3O2/c22-15-7-8-16(17(23)10-15)20(30)29-9-1-2-13(11-29)19-28-27-18(31-19)12-3-5-14(6-4-12)21(24,25)26/h3-8,10,13H,1-2,9,11H2. The van der Waals surface area contributed by atoms with E-state index < -0.39 is 11.7 Å². The van der Waals surface area contributed by atoms with E-state index in [-0.39, 0.29) is 22.7 Å². The molecule has 5 nitrogen and oxygen atoms in total. The molecule has 1 aromatic heterocycles. The summed E-state index contributed by atoms with van der Waals surface area (Å²) in [5, 5.41) is 8.75. The first-order valence-electron chi connectivity index (χ1n) is 9.48. The van der Waals surface area contributed by atoms with Crippen LogP contribution in [0, 0.1) is 0 Å². The van der Waals surface area contributed by atoms with Gasteiger partial charge >= 0.3 is 6.18 Å². The molecular formula is C21H16Cl2F3N3O2. The zero-order valence-corrected chi connectivity index (χ0v) is 17.5. The van der Waals surface area contributed by atoms with Crippen LogP contribution in [0.2, 0.25) is 10.0 Å². The van der Waals surface area contributed by atoms with Gasteiger partial charge in [0.15, 0.2) is 0 Å². The zero-order chi connectivity index (χ0) is 22.2. The second-order valence-corrected chi connectivity index (χ2v) is 8.08.